The fourth-order valence-electron chi connectivity index (χ4n) is 1.85. The summed E-state index contributed by atoms with van der Waals surface area (Å²) >= 11 is 0. The predicted octanol–water partition coefficient (Wildman–Crippen LogP) is 2.53. The first-order chi connectivity index (χ1) is 8.16. The van der Waals surface area contributed by atoms with E-state index in [-0.39, 0.29) is 0 Å². The zero-order valence-electron chi connectivity index (χ0n) is 10.8. The van der Waals surface area contributed by atoms with Crippen LogP contribution in [-0.2, 0) is 11.3 Å². The van der Waals surface area contributed by atoms with E-state index in [1.165, 1.54) is 5.56 Å². The minimum absolute atomic E-state index is 0.309. The Morgan fingerprint density at radius 1 is 1.35 bits per heavy atom. The largest absolute Gasteiger partial charge is 0.463 e. The normalized spacial score (nSPS) is 19.1. The lowest BCUT2D eigenvalue weighted by atomic mass is 10.1. The highest BCUT2D eigenvalue weighted by Gasteiger charge is 2.23. The minimum Gasteiger partial charge on any atom is -0.463 e. The zero-order valence-corrected chi connectivity index (χ0v) is 10.8. The summed E-state index contributed by atoms with van der Waals surface area (Å²) in [7, 11) is 2.02. The summed E-state index contributed by atoms with van der Waals surface area (Å²) in [5.41, 5.74) is 1.27. The molecule has 3 heteroatoms. The van der Waals surface area contributed by atoms with Crippen LogP contribution in [0, 0.1) is 5.92 Å². The monoisotopic (exact) mass is 232 g/mol. The number of aliphatic imine (C=N–C) groups is 1. The molecule has 0 spiro atoms. The van der Waals surface area contributed by atoms with E-state index in [9.17, 15) is 0 Å². The molecule has 0 bridgehead atoms. The standard InChI is InChI=1S/C14H20N2O/c1-11(2)13-10-17-14(15-13)16(3)9-12-7-5-4-6-8-12/h4-8,11,13H,9-10H2,1-3H3/t13-/m1/s1. The smallest absolute Gasteiger partial charge is 0.287 e. The van der Waals surface area contributed by atoms with Gasteiger partial charge in [0.2, 0.25) is 0 Å². The van der Waals surface area contributed by atoms with Crippen LogP contribution in [0.25, 0.3) is 0 Å². The van der Waals surface area contributed by atoms with Gasteiger partial charge in [-0.15, -0.1) is 0 Å². The van der Waals surface area contributed by atoms with Crippen molar-refractivity contribution in [1.82, 2.24) is 4.90 Å². The molecule has 1 aliphatic heterocycles. The Hall–Kier alpha value is -1.51. The molecule has 0 saturated carbocycles. The van der Waals surface area contributed by atoms with Gasteiger partial charge in [0.1, 0.15) is 6.61 Å². The van der Waals surface area contributed by atoms with Crippen molar-refractivity contribution in [2.24, 2.45) is 10.9 Å². The molecule has 0 fully saturated rings. The Bertz CT molecular complexity index is 386. The van der Waals surface area contributed by atoms with Crippen LogP contribution >= 0.6 is 0 Å². The zero-order chi connectivity index (χ0) is 12.3. The van der Waals surface area contributed by atoms with Gasteiger partial charge in [-0.1, -0.05) is 44.2 Å². The maximum Gasteiger partial charge on any atom is 0.287 e. The van der Waals surface area contributed by atoms with E-state index in [4.69, 9.17) is 4.74 Å². The summed E-state index contributed by atoms with van der Waals surface area (Å²) in [6.45, 7) is 5.91. The van der Waals surface area contributed by atoms with E-state index in [2.05, 4.69) is 48.0 Å². The van der Waals surface area contributed by atoms with Gasteiger partial charge in [0, 0.05) is 13.6 Å². The van der Waals surface area contributed by atoms with Gasteiger partial charge in [-0.25, -0.2) is 4.99 Å². The van der Waals surface area contributed by atoms with Crippen LogP contribution in [0.4, 0.5) is 0 Å². The molecule has 1 heterocycles. The predicted molar refractivity (Wildman–Crippen MR) is 69.9 cm³/mol. The van der Waals surface area contributed by atoms with Crippen LogP contribution in [0.15, 0.2) is 35.3 Å². The van der Waals surface area contributed by atoms with E-state index in [1.807, 2.05) is 13.1 Å². The molecule has 0 amide bonds. The molecule has 0 N–H and O–H groups in total. The van der Waals surface area contributed by atoms with Crippen molar-refractivity contribution in [3.8, 4) is 0 Å². The first-order valence-electron chi connectivity index (χ1n) is 6.12. The molecular formula is C14H20N2O. The highest BCUT2D eigenvalue weighted by Crippen LogP contribution is 2.15. The van der Waals surface area contributed by atoms with Crippen molar-refractivity contribution in [1.29, 1.82) is 0 Å². The summed E-state index contributed by atoms with van der Waals surface area (Å²) in [4.78, 5) is 6.67. The maximum atomic E-state index is 5.64. The number of nitrogens with zero attached hydrogens (tertiary/aromatic N) is 2. The Morgan fingerprint density at radius 3 is 2.65 bits per heavy atom. The van der Waals surface area contributed by atoms with Crippen LogP contribution < -0.4 is 0 Å². The fourth-order valence-corrected chi connectivity index (χ4v) is 1.85. The van der Waals surface area contributed by atoms with E-state index >= 15 is 0 Å². The van der Waals surface area contributed by atoms with Crippen LogP contribution in [-0.4, -0.2) is 30.6 Å². The quantitative estimate of drug-likeness (QED) is 0.800. The first-order valence-corrected chi connectivity index (χ1v) is 6.12. The van der Waals surface area contributed by atoms with Gasteiger partial charge in [-0.2, -0.15) is 0 Å². The van der Waals surface area contributed by atoms with E-state index in [0.717, 1.165) is 12.6 Å². The van der Waals surface area contributed by atoms with Crippen molar-refractivity contribution in [3.63, 3.8) is 0 Å². The Kier molecular flexibility index (Phi) is 3.67. The van der Waals surface area contributed by atoms with E-state index in [1.54, 1.807) is 0 Å². The maximum absolute atomic E-state index is 5.64. The number of benzene rings is 1. The van der Waals surface area contributed by atoms with Crippen LogP contribution in [0.3, 0.4) is 0 Å². The van der Waals surface area contributed by atoms with Crippen molar-refractivity contribution in [3.05, 3.63) is 35.9 Å². The third-order valence-corrected chi connectivity index (χ3v) is 3.02. The first kappa shape index (κ1) is 12.0. The van der Waals surface area contributed by atoms with Gasteiger partial charge in [-0.3, -0.25) is 0 Å². The average molecular weight is 232 g/mol. The van der Waals surface area contributed by atoms with Gasteiger partial charge in [-0.05, 0) is 11.5 Å². The van der Waals surface area contributed by atoms with Gasteiger partial charge in [0.15, 0.2) is 0 Å². The highest BCUT2D eigenvalue weighted by atomic mass is 16.5. The van der Waals surface area contributed by atoms with Crippen LogP contribution in [0.5, 0.6) is 0 Å². The number of hydrogen-bond donors (Lipinski definition) is 0. The van der Waals surface area contributed by atoms with Gasteiger partial charge >= 0.3 is 0 Å². The Balaban J connectivity index is 1.97. The molecule has 17 heavy (non-hydrogen) atoms. The van der Waals surface area contributed by atoms with Crippen molar-refractivity contribution < 1.29 is 4.74 Å². The lowest BCUT2D eigenvalue weighted by Crippen LogP contribution is -2.26. The molecule has 0 radical (unpaired) electrons. The molecule has 92 valence electrons. The number of ether oxygens (including phenoxy) is 1. The SMILES string of the molecule is CC(C)[C@H]1COC(N(C)Cc2ccccc2)=N1. The summed E-state index contributed by atoms with van der Waals surface area (Å²) in [6.07, 6.45) is 0. The van der Waals surface area contributed by atoms with E-state index < -0.39 is 0 Å². The number of hydrogen-bond acceptors (Lipinski definition) is 3. The Labute approximate surface area is 103 Å². The molecule has 1 aromatic rings. The number of rotatable bonds is 3. The lowest BCUT2D eigenvalue weighted by Gasteiger charge is -2.17. The van der Waals surface area contributed by atoms with Crippen LogP contribution in [0.1, 0.15) is 19.4 Å². The lowest BCUT2D eigenvalue weighted by molar-refractivity contribution is 0.250. The van der Waals surface area contributed by atoms with E-state index in [0.29, 0.717) is 18.6 Å². The minimum atomic E-state index is 0.309. The molecule has 1 aromatic carbocycles. The molecule has 0 aliphatic carbocycles. The molecule has 0 unspecified atom stereocenters. The fraction of sp³-hybridized carbons (Fsp3) is 0.500. The molecule has 0 aromatic heterocycles. The summed E-state index contributed by atoms with van der Waals surface area (Å²) in [6, 6.07) is 11.4. The topological polar surface area (TPSA) is 24.8 Å². The number of amidine groups is 1. The Morgan fingerprint density at radius 2 is 2.06 bits per heavy atom. The van der Waals surface area contributed by atoms with Crippen molar-refractivity contribution >= 4 is 6.02 Å². The second-order valence-corrected chi connectivity index (χ2v) is 4.88. The molecule has 3 nitrogen and oxygen atoms in total. The molecular weight excluding hydrogens is 212 g/mol. The third kappa shape index (κ3) is 2.99. The van der Waals surface area contributed by atoms with Crippen LogP contribution in [0.2, 0.25) is 0 Å². The highest BCUT2D eigenvalue weighted by molar-refractivity contribution is 5.75. The van der Waals surface area contributed by atoms with Crippen molar-refractivity contribution in [2.45, 2.75) is 26.4 Å². The van der Waals surface area contributed by atoms with Crippen molar-refractivity contribution in [2.75, 3.05) is 13.7 Å². The van der Waals surface area contributed by atoms with Gasteiger partial charge in [0.05, 0.1) is 6.04 Å². The third-order valence-electron chi connectivity index (χ3n) is 3.02. The molecule has 2 rings (SSSR count). The summed E-state index contributed by atoms with van der Waals surface area (Å²) in [5, 5.41) is 0. The second kappa shape index (κ2) is 5.21. The van der Waals surface area contributed by atoms with Gasteiger partial charge in [0.25, 0.3) is 6.02 Å². The summed E-state index contributed by atoms with van der Waals surface area (Å²) < 4.78 is 5.64. The second-order valence-electron chi connectivity index (χ2n) is 4.88. The van der Waals surface area contributed by atoms with Gasteiger partial charge < -0.3 is 9.64 Å². The average Bonchev–Trinajstić information content (AvgIpc) is 2.79. The molecule has 1 aliphatic rings. The molecule has 0 saturated heterocycles. The molecule has 1 atom stereocenters. The summed E-state index contributed by atoms with van der Waals surface area (Å²) in [5.74, 6) is 0.539.